The van der Waals surface area contributed by atoms with E-state index in [1.165, 1.54) is 5.56 Å². The number of hydrogen-bond acceptors (Lipinski definition) is 8. The second kappa shape index (κ2) is 15.0. The fourth-order valence-electron chi connectivity index (χ4n) is 6.86. The fourth-order valence-corrected chi connectivity index (χ4v) is 8.71. The maximum atomic E-state index is 14.9. The number of aliphatic hydroxyl groups excluding tert-OH is 1. The Morgan fingerprint density at radius 3 is 2.67 bits per heavy atom. The van der Waals surface area contributed by atoms with E-state index in [9.17, 15) is 14.1 Å². The Labute approximate surface area is 289 Å². The first-order chi connectivity index (χ1) is 23.0. The minimum absolute atomic E-state index is 0.0242. The van der Waals surface area contributed by atoms with Gasteiger partial charge in [0.25, 0.3) is 0 Å². The number of amides is 2. The summed E-state index contributed by atoms with van der Waals surface area (Å²) in [5.74, 6) is 1.34. The minimum atomic E-state index is -3.69. The van der Waals surface area contributed by atoms with E-state index in [1.54, 1.807) is 27.0 Å². The lowest BCUT2D eigenvalue weighted by Crippen LogP contribution is -2.48. The number of fused-ring (bicyclic) bond motifs is 3. The van der Waals surface area contributed by atoms with Crippen LogP contribution in [0.15, 0.2) is 57.8 Å². The Kier molecular flexibility index (Phi) is 10.9. The van der Waals surface area contributed by atoms with E-state index in [0.717, 1.165) is 75.7 Å². The van der Waals surface area contributed by atoms with Gasteiger partial charge in [-0.15, -0.1) is 0 Å². The van der Waals surface area contributed by atoms with Gasteiger partial charge in [0.05, 0.1) is 23.3 Å². The van der Waals surface area contributed by atoms with E-state index in [0.29, 0.717) is 29.2 Å². The molecule has 5 atom stereocenters. The first-order valence-corrected chi connectivity index (χ1v) is 19.1. The third-order valence-corrected chi connectivity index (χ3v) is 12.4. The number of nitrogens with one attached hydrogen (secondary N) is 2. The van der Waals surface area contributed by atoms with Gasteiger partial charge in [0, 0.05) is 31.3 Å². The lowest BCUT2D eigenvalue weighted by molar-refractivity contribution is -0.0865. The zero-order chi connectivity index (χ0) is 33.9. The van der Waals surface area contributed by atoms with Crippen molar-refractivity contribution in [3.05, 3.63) is 64.7 Å². The highest BCUT2D eigenvalue weighted by atomic mass is 35.5. The average Bonchev–Trinajstić information content (AvgIpc) is 3.05. The molecule has 0 spiro atoms. The fraction of sp³-hybridized carbons (Fsp3) is 0.583. The standard InChI is InChI=1S/C36H49ClN4O6S/c1-36(2)34(42)39-48(44,40-35(43)38-28-9-6-10-28)29-15-17-33-31(21-29)41(22-25-13-16-30(25)32(45-3)11-7-19-47-36)18-5-4-8-24-20-27(37)14-12-26(24)23-46-33/h7,11-12,14-15,17,20-21,25,28,30,32,34,42H,4-6,8-10,13,16,18-19,22-23H2,1-3H3,(H2,38,39,40,43,44)/b11-7+/t25-,30+,32-,34?,48?/m0/s1. The summed E-state index contributed by atoms with van der Waals surface area (Å²) < 4.78 is 40.5. The van der Waals surface area contributed by atoms with Crippen LogP contribution in [-0.4, -0.2) is 66.1 Å². The van der Waals surface area contributed by atoms with Gasteiger partial charge < -0.3 is 29.5 Å². The maximum Gasteiger partial charge on any atom is 0.327 e. The number of benzene rings is 2. The molecule has 3 N–H and O–H groups in total. The van der Waals surface area contributed by atoms with E-state index in [4.69, 9.17) is 25.8 Å². The van der Waals surface area contributed by atoms with E-state index >= 15 is 0 Å². The van der Waals surface area contributed by atoms with Crippen LogP contribution < -0.4 is 19.7 Å². The zero-order valence-corrected chi connectivity index (χ0v) is 29.7. The number of aryl methyl sites for hydroxylation is 1. The summed E-state index contributed by atoms with van der Waals surface area (Å²) in [6.45, 7) is 5.46. The molecule has 4 aliphatic rings. The molecular formula is C36H49ClN4O6S. The van der Waals surface area contributed by atoms with Crippen LogP contribution in [0.5, 0.6) is 5.75 Å². The van der Waals surface area contributed by atoms with Gasteiger partial charge >= 0.3 is 6.03 Å². The molecule has 0 radical (unpaired) electrons. The predicted octanol–water partition coefficient (Wildman–Crippen LogP) is 6.38. The van der Waals surface area contributed by atoms with Crippen LogP contribution >= 0.6 is 11.6 Å². The third-order valence-electron chi connectivity index (χ3n) is 10.3. The van der Waals surface area contributed by atoms with Crippen molar-refractivity contribution in [3.63, 3.8) is 0 Å². The highest BCUT2D eigenvalue weighted by molar-refractivity contribution is 7.92. The smallest absolute Gasteiger partial charge is 0.327 e. The highest BCUT2D eigenvalue weighted by Gasteiger charge is 2.38. The molecule has 48 heavy (non-hydrogen) atoms. The van der Waals surface area contributed by atoms with Crippen molar-refractivity contribution < 1.29 is 28.3 Å². The monoisotopic (exact) mass is 700 g/mol. The predicted molar refractivity (Wildman–Crippen MR) is 188 cm³/mol. The van der Waals surface area contributed by atoms with Gasteiger partial charge in [-0.2, -0.15) is 4.36 Å². The summed E-state index contributed by atoms with van der Waals surface area (Å²) in [6, 6.07) is 10.7. The lowest BCUT2D eigenvalue weighted by atomic mass is 9.70. The Balaban J connectivity index is 1.45. The van der Waals surface area contributed by atoms with E-state index in [1.807, 2.05) is 42.5 Å². The number of hydrogen-bond donors (Lipinski definition) is 3. The summed E-state index contributed by atoms with van der Waals surface area (Å²) in [6.07, 6.45) is 10.0. The summed E-state index contributed by atoms with van der Waals surface area (Å²) in [4.78, 5) is 15.8. The molecule has 2 fully saturated rings. The second-order valence-electron chi connectivity index (χ2n) is 14.0. The number of aliphatic hydroxyl groups is 1. The van der Waals surface area contributed by atoms with Crippen molar-refractivity contribution in [3.8, 4) is 5.75 Å². The maximum absolute atomic E-state index is 14.9. The molecule has 2 heterocycles. The number of carbonyl (C=O) groups is 1. The molecule has 2 aliphatic carbocycles. The van der Waals surface area contributed by atoms with Crippen LogP contribution in [0.25, 0.3) is 0 Å². The number of halogens is 1. The zero-order valence-electron chi connectivity index (χ0n) is 28.2. The molecule has 262 valence electrons. The van der Waals surface area contributed by atoms with E-state index in [-0.39, 0.29) is 23.6 Å². The Hall–Kier alpha value is -2.83. The van der Waals surface area contributed by atoms with Gasteiger partial charge in [-0.25, -0.2) is 13.7 Å². The van der Waals surface area contributed by atoms with Crippen LogP contribution in [0.1, 0.15) is 69.9 Å². The van der Waals surface area contributed by atoms with Gasteiger partial charge in [-0.1, -0.05) is 29.8 Å². The van der Waals surface area contributed by atoms with Crippen molar-refractivity contribution in [2.75, 3.05) is 31.7 Å². The molecule has 0 saturated heterocycles. The number of methoxy groups -OCH3 is 1. The molecule has 0 aromatic heterocycles. The normalized spacial score (nSPS) is 30.0. The number of anilines is 1. The molecule has 2 saturated carbocycles. The van der Waals surface area contributed by atoms with Gasteiger partial charge in [-0.3, -0.25) is 0 Å². The first-order valence-electron chi connectivity index (χ1n) is 17.2. The molecule has 2 unspecified atom stereocenters. The Morgan fingerprint density at radius 1 is 1.10 bits per heavy atom. The number of ether oxygens (including phenoxy) is 3. The second-order valence-corrected chi connectivity index (χ2v) is 16.4. The largest absolute Gasteiger partial charge is 0.487 e. The molecular weight excluding hydrogens is 652 g/mol. The topological polar surface area (TPSA) is 122 Å². The highest BCUT2D eigenvalue weighted by Crippen LogP contribution is 2.42. The average molecular weight is 701 g/mol. The minimum Gasteiger partial charge on any atom is -0.487 e. The van der Waals surface area contributed by atoms with Crippen LogP contribution in [0.3, 0.4) is 0 Å². The Bertz CT molecular complexity index is 1620. The summed E-state index contributed by atoms with van der Waals surface area (Å²) >= 11 is 6.38. The van der Waals surface area contributed by atoms with Crippen LogP contribution in [0, 0.1) is 11.8 Å². The lowest BCUT2D eigenvalue weighted by Gasteiger charge is -2.43. The molecule has 2 amide bonds. The van der Waals surface area contributed by atoms with Gasteiger partial charge in [0.1, 0.15) is 18.0 Å². The quantitative estimate of drug-likeness (QED) is 0.318. The van der Waals surface area contributed by atoms with E-state index in [2.05, 4.69) is 19.3 Å². The van der Waals surface area contributed by atoms with Gasteiger partial charge in [0.2, 0.25) is 0 Å². The first kappa shape index (κ1) is 35.0. The van der Waals surface area contributed by atoms with Crippen molar-refractivity contribution >= 4 is 33.2 Å². The number of urea groups is 1. The van der Waals surface area contributed by atoms with Crippen molar-refractivity contribution in [1.82, 2.24) is 10.0 Å². The van der Waals surface area contributed by atoms with Crippen LogP contribution in [0.2, 0.25) is 5.02 Å². The third kappa shape index (κ3) is 7.97. The molecule has 10 nitrogen and oxygen atoms in total. The van der Waals surface area contributed by atoms with Crippen LogP contribution in [-0.2, 0) is 32.4 Å². The van der Waals surface area contributed by atoms with Crippen molar-refractivity contribution in [1.29, 1.82) is 0 Å². The van der Waals surface area contributed by atoms with Crippen molar-refractivity contribution in [2.45, 2.75) is 101 Å². The molecule has 6 rings (SSSR count). The van der Waals surface area contributed by atoms with E-state index < -0.39 is 27.8 Å². The number of nitrogens with zero attached hydrogens (tertiary/aromatic N) is 2. The van der Waals surface area contributed by atoms with Crippen molar-refractivity contribution in [2.24, 2.45) is 16.2 Å². The summed E-state index contributed by atoms with van der Waals surface area (Å²) in [5, 5.41) is 15.0. The molecule has 2 bridgehead atoms. The SMILES string of the molecule is CO[C@H]1/C=C/COC(C)(C)C(O)N=S(=O)(NC(=O)NC2CCC2)c2ccc3c(c2)N(CCCCc2cc(Cl)ccc2CO3)C[C@@H]2CC[C@H]21. The van der Waals surface area contributed by atoms with Gasteiger partial charge in [-0.05, 0) is 119 Å². The Morgan fingerprint density at radius 2 is 1.94 bits per heavy atom. The number of carbonyl (C=O) groups excluding carboxylic acids is 1. The molecule has 2 aromatic carbocycles. The molecule has 2 aliphatic heterocycles. The van der Waals surface area contributed by atoms with Gasteiger partial charge in [0.15, 0.2) is 16.1 Å². The van der Waals surface area contributed by atoms with Crippen LogP contribution in [0.4, 0.5) is 10.5 Å². The number of rotatable bonds is 3. The summed E-state index contributed by atoms with van der Waals surface area (Å²) in [5.41, 5.74) is 1.82. The molecule has 12 heteroatoms. The molecule has 2 aromatic rings. The summed E-state index contributed by atoms with van der Waals surface area (Å²) in [7, 11) is -1.95.